The molecule has 136 valence electrons. The van der Waals surface area contributed by atoms with E-state index in [1.54, 1.807) is 0 Å². The van der Waals surface area contributed by atoms with Crippen LogP contribution in [0.2, 0.25) is 5.02 Å². The number of aromatic nitrogens is 1. The van der Waals surface area contributed by atoms with Gasteiger partial charge in [0.05, 0.1) is 15.5 Å². The Bertz CT molecular complexity index is 1060. The van der Waals surface area contributed by atoms with Crippen LogP contribution in [-0.4, -0.2) is 32.9 Å². The third-order valence-corrected chi connectivity index (χ3v) is 5.86. The molecule has 0 spiro atoms. The summed E-state index contributed by atoms with van der Waals surface area (Å²) in [4.78, 5) is 15.6. The topological polar surface area (TPSA) is 91.1 Å². The number of benzene rings is 2. The molecule has 3 aromatic rings. The van der Waals surface area contributed by atoms with Gasteiger partial charge in [-0.05, 0) is 43.3 Å². The Morgan fingerprint density at radius 2 is 1.96 bits per heavy atom. The molecule has 0 atom stereocenters. The molecule has 26 heavy (non-hydrogen) atoms. The molecule has 0 fully saturated rings. The maximum absolute atomic E-state index is 12.4. The van der Waals surface area contributed by atoms with E-state index in [-0.39, 0.29) is 15.5 Å². The second kappa shape index (κ2) is 7.49. The Morgan fingerprint density at radius 3 is 2.73 bits per heavy atom. The average molecular weight is 392 g/mol. The van der Waals surface area contributed by atoms with Gasteiger partial charge in [-0.25, -0.2) is 13.1 Å². The highest BCUT2D eigenvalue weighted by molar-refractivity contribution is 7.89. The van der Waals surface area contributed by atoms with Crippen LogP contribution in [0.25, 0.3) is 10.9 Å². The number of nitrogens with one attached hydrogen (secondary N) is 3. The van der Waals surface area contributed by atoms with E-state index in [0.717, 1.165) is 16.5 Å². The molecule has 0 radical (unpaired) electrons. The van der Waals surface area contributed by atoms with Crippen LogP contribution in [0.4, 0.5) is 0 Å². The van der Waals surface area contributed by atoms with Crippen molar-refractivity contribution in [2.24, 2.45) is 0 Å². The van der Waals surface area contributed by atoms with Gasteiger partial charge in [0, 0.05) is 23.6 Å². The minimum absolute atomic E-state index is 0.00817. The van der Waals surface area contributed by atoms with Crippen molar-refractivity contribution in [1.29, 1.82) is 0 Å². The fourth-order valence-corrected chi connectivity index (χ4v) is 3.67. The fraction of sp³-hybridized carbons (Fsp3) is 0.167. The van der Waals surface area contributed by atoms with Gasteiger partial charge in [0.15, 0.2) is 0 Å². The van der Waals surface area contributed by atoms with Crippen molar-refractivity contribution in [3.05, 3.63) is 64.8 Å². The number of amides is 1. The van der Waals surface area contributed by atoms with Crippen LogP contribution in [0, 0.1) is 0 Å². The molecular weight excluding hydrogens is 374 g/mol. The highest BCUT2D eigenvalue weighted by Crippen LogP contribution is 2.21. The maximum Gasteiger partial charge on any atom is 0.252 e. The zero-order chi connectivity index (χ0) is 18.7. The molecule has 0 aliphatic carbocycles. The van der Waals surface area contributed by atoms with E-state index in [1.807, 2.05) is 30.5 Å². The first-order valence-corrected chi connectivity index (χ1v) is 9.85. The van der Waals surface area contributed by atoms with Crippen LogP contribution >= 0.6 is 11.6 Å². The van der Waals surface area contributed by atoms with Crippen molar-refractivity contribution in [1.82, 2.24) is 15.0 Å². The third kappa shape index (κ3) is 3.75. The molecule has 0 aliphatic heterocycles. The van der Waals surface area contributed by atoms with E-state index in [4.69, 9.17) is 11.6 Å². The summed E-state index contributed by atoms with van der Waals surface area (Å²) in [5, 5.41) is 4.10. The van der Waals surface area contributed by atoms with E-state index in [2.05, 4.69) is 15.0 Å². The summed E-state index contributed by atoms with van der Waals surface area (Å²) in [6.07, 6.45) is 2.56. The number of hydrogen-bond donors (Lipinski definition) is 3. The lowest BCUT2D eigenvalue weighted by atomic mass is 10.1. The van der Waals surface area contributed by atoms with Crippen LogP contribution < -0.4 is 10.0 Å². The Kier molecular flexibility index (Phi) is 5.31. The summed E-state index contributed by atoms with van der Waals surface area (Å²) >= 11 is 6.06. The van der Waals surface area contributed by atoms with Gasteiger partial charge in [-0.1, -0.05) is 29.8 Å². The second-order valence-electron chi connectivity index (χ2n) is 5.71. The number of carbonyl (C=O) groups excluding carboxylic acids is 1. The first kappa shape index (κ1) is 18.4. The maximum atomic E-state index is 12.4. The van der Waals surface area contributed by atoms with E-state index in [1.165, 1.54) is 25.2 Å². The molecule has 0 aliphatic rings. The van der Waals surface area contributed by atoms with Crippen molar-refractivity contribution < 1.29 is 13.2 Å². The average Bonchev–Trinajstić information content (AvgIpc) is 3.05. The summed E-state index contributed by atoms with van der Waals surface area (Å²) in [5.41, 5.74) is 2.27. The van der Waals surface area contributed by atoms with Crippen LogP contribution in [0.3, 0.4) is 0 Å². The zero-order valence-electron chi connectivity index (χ0n) is 14.0. The fourth-order valence-electron chi connectivity index (χ4n) is 2.71. The van der Waals surface area contributed by atoms with Crippen molar-refractivity contribution in [3.63, 3.8) is 0 Å². The minimum Gasteiger partial charge on any atom is -0.361 e. The highest BCUT2D eigenvalue weighted by Gasteiger charge is 2.17. The van der Waals surface area contributed by atoms with Crippen molar-refractivity contribution >= 4 is 38.4 Å². The predicted molar refractivity (Wildman–Crippen MR) is 102 cm³/mol. The van der Waals surface area contributed by atoms with Crippen LogP contribution in [0.15, 0.2) is 53.6 Å². The van der Waals surface area contributed by atoms with Gasteiger partial charge in [0.2, 0.25) is 10.0 Å². The number of fused-ring (bicyclic) bond motifs is 1. The van der Waals surface area contributed by atoms with E-state index in [0.29, 0.717) is 13.0 Å². The van der Waals surface area contributed by atoms with Gasteiger partial charge in [-0.2, -0.15) is 0 Å². The van der Waals surface area contributed by atoms with Crippen molar-refractivity contribution in [2.45, 2.75) is 11.3 Å². The molecule has 0 saturated heterocycles. The molecule has 2 aromatic carbocycles. The summed E-state index contributed by atoms with van der Waals surface area (Å²) in [5.74, 6) is -0.414. The van der Waals surface area contributed by atoms with Crippen molar-refractivity contribution in [2.75, 3.05) is 13.6 Å². The SMILES string of the molecule is CNS(=O)(=O)c1ccc(Cl)c(C(=O)NCCc2c[nH]c3ccccc23)c1. The standard InChI is InChI=1S/C18H18ClN3O3S/c1-20-26(24,25)13-6-7-16(19)15(10-13)18(23)21-9-8-12-11-22-17-5-3-2-4-14(12)17/h2-7,10-11,20,22H,8-9H2,1H3,(H,21,23). The first-order valence-electron chi connectivity index (χ1n) is 7.98. The van der Waals surface area contributed by atoms with E-state index < -0.39 is 15.9 Å². The second-order valence-corrected chi connectivity index (χ2v) is 8.01. The molecule has 8 heteroatoms. The predicted octanol–water partition coefficient (Wildman–Crippen LogP) is 2.70. The van der Waals surface area contributed by atoms with Gasteiger partial charge in [0.1, 0.15) is 0 Å². The van der Waals surface area contributed by atoms with Gasteiger partial charge in [-0.15, -0.1) is 0 Å². The summed E-state index contributed by atoms with van der Waals surface area (Å²) in [6.45, 7) is 0.403. The number of carbonyl (C=O) groups is 1. The molecule has 1 amide bonds. The Hall–Kier alpha value is -2.35. The normalized spacial score (nSPS) is 11.6. The molecule has 1 heterocycles. The summed E-state index contributed by atoms with van der Waals surface area (Å²) in [7, 11) is -2.33. The smallest absolute Gasteiger partial charge is 0.252 e. The quantitative estimate of drug-likeness (QED) is 0.603. The lowest BCUT2D eigenvalue weighted by Crippen LogP contribution is -2.26. The first-order chi connectivity index (χ1) is 12.4. The zero-order valence-corrected chi connectivity index (χ0v) is 15.6. The Labute approximate surface area is 156 Å². The summed E-state index contributed by atoms with van der Waals surface area (Å²) in [6, 6.07) is 12.0. The minimum atomic E-state index is -3.64. The Balaban J connectivity index is 1.71. The number of para-hydroxylation sites is 1. The molecular formula is C18H18ClN3O3S. The third-order valence-electron chi connectivity index (χ3n) is 4.12. The number of halogens is 1. The number of aromatic amines is 1. The molecule has 3 rings (SSSR count). The lowest BCUT2D eigenvalue weighted by molar-refractivity contribution is 0.0954. The highest BCUT2D eigenvalue weighted by atomic mass is 35.5. The number of hydrogen-bond acceptors (Lipinski definition) is 3. The number of H-pyrrole nitrogens is 1. The molecule has 1 aromatic heterocycles. The van der Waals surface area contributed by atoms with E-state index >= 15 is 0 Å². The monoisotopic (exact) mass is 391 g/mol. The van der Waals surface area contributed by atoms with Crippen LogP contribution in [0.1, 0.15) is 15.9 Å². The van der Waals surface area contributed by atoms with Crippen molar-refractivity contribution in [3.8, 4) is 0 Å². The van der Waals surface area contributed by atoms with Gasteiger partial charge in [0.25, 0.3) is 5.91 Å². The molecule has 6 nitrogen and oxygen atoms in total. The van der Waals surface area contributed by atoms with Crippen LogP contribution in [0.5, 0.6) is 0 Å². The lowest BCUT2D eigenvalue weighted by Gasteiger charge is -2.09. The number of rotatable bonds is 6. The van der Waals surface area contributed by atoms with Gasteiger partial charge < -0.3 is 10.3 Å². The van der Waals surface area contributed by atoms with Crippen LogP contribution in [-0.2, 0) is 16.4 Å². The molecule has 3 N–H and O–H groups in total. The molecule has 0 saturated carbocycles. The molecule has 0 unspecified atom stereocenters. The van der Waals surface area contributed by atoms with Gasteiger partial charge in [-0.3, -0.25) is 4.79 Å². The Morgan fingerprint density at radius 1 is 1.19 bits per heavy atom. The van der Waals surface area contributed by atoms with Gasteiger partial charge >= 0.3 is 0 Å². The summed E-state index contributed by atoms with van der Waals surface area (Å²) < 4.78 is 26.0. The number of sulfonamides is 1. The molecule has 0 bridgehead atoms. The van der Waals surface area contributed by atoms with E-state index in [9.17, 15) is 13.2 Å². The largest absolute Gasteiger partial charge is 0.361 e.